The van der Waals surface area contributed by atoms with Crippen LogP contribution in [0.25, 0.3) is 0 Å². The van der Waals surface area contributed by atoms with Gasteiger partial charge in [-0.1, -0.05) is 43.7 Å². The molecule has 0 aliphatic heterocycles. The smallest absolute Gasteiger partial charge is 0.307 e. The van der Waals surface area contributed by atoms with E-state index in [4.69, 9.17) is 0 Å². The van der Waals surface area contributed by atoms with Gasteiger partial charge in [-0.2, -0.15) is 13.2 Å². The summed E-state index contributed by atoms with van der Waals surface area (Å²) in [6.07, 6.45) is -2.91. The molecule has 2 rings (SSSR count). The first-order valence-electron chi connectivity index (χ1n) is 6.37. The SMILES string of the molecule is CCC1CC1NC(CC(F)(F)F)c1ccccc1. The maximum absolute atomic E-state index is 12.6. The first-order chi connectivity index (χ1) is 8.49. The molecule has 1 aliphatic carbocycles. The Kier molecular flexibility index (Phi) is 3.95. The maximum atomic E-state index is 12.6. The average molecular weight is 257 g/mol. The van der Waals surface area contributed by atoms with Crippen LogP contribution in [0.3, 0.4) is 0 Å². The van der Waals surface area contributed by atoms with Crippen molar-refractivity contribution in [1.82, 2.24) is 5.32 Å². The standard InChI is InChI=1S/C14H18F3N/c1-2-10-8-12(10)18-13(9-14(15,16)17)11-6-4-3-5-7-11/h3-7,10,12-13,18H,2,8-9H2,1H3. The summed E-state index contributed by atoms with van der Waals surface area (Å²) in [5, 5.41) is 3.14. The van der Waals surface area contributed by atoms with Gasteiger partial charge >= 0.3 is 6.18 Å². The van der Waals surface area contributed by atoms with Crippen LogP contribution in [0.15, 0.2) is 30.3 Å². The number of halogens is 3. The first-order valence-corrected chi connectivity index (χ1v) is 6.37. The van der Waals surface area contributed by atoms with Gasteiger partial charge in [0.15, 0.2) is 0 Å². The topological polar surface area (TPSA) is 12.0 Å². The van der Waals surface area contributed by atoms with Gasteiger partial charge < -0.3 is 5.32 Å². The Morgan fingerprint density at radius 2 is 1.94 bits per heavy atom. The molecule has 1 nitrogen and oxygen atoms in total. The molecular formula is C14H18F3N. The molecule has 1 aromatic rings. The Balaban J connectivity index is 2.04. The zero-order valence-corrected chi connectivity index (χ0v) is 10.4. The van der Waals surface area contributed by atoms with E-state index in [2.05, 4.69) is 12.2 Å². The molecule has 0 saturated heterocycles. The summed E-state index contributed by atoms with van der Waals surface area (Å²) in [6, 6.07) is 8.53. The summed E-state index contributed by atoms with van der Waals surface area (Å²) < 4.78 is 37.8. The van der Waals surface area contributed by atoms with Crippen LogP contribution in [0.4, 0.5) is 13.2 Å². The van der Waals surface area contributed by atoms with E-state index >= 15 is 0 Å². The van der Waals surface area contributed by atoms with Crippen LogP contribution < -0.4 is 5.32 Å². The Hall–Kier alpha value is -1.03. The van der Waals surface area contributed by atoms with Crippen molar-refractivity contribution in [2.24, 2.45) is 5.92 Å². The van der Waals surface area contributed by atoms with Crippen molar-refractivity contribution in [2.45, 2.75) is 44.4 Å². The summed E-state index contributed by atoms with van der Waals surface area (Å²) >= 11 is 0. The molecule has 0 bridgehead atoms. The zero-order valence-electron chi connectivity index (χ0n) is 10.4. The lowest BCUT2D eigenvalue weighted by molar-refractivity contribution is -0.140. The molecule has 0 aromatic heterocycles. The second kappa shape index (κ2) is 5.31. The second-order valence-corrected chi connectivity index (χ2v) is 4.96. The van der Waals surface area contributed by atoms with Crippen LogP contribution in [0.2, 0.25) is 0 Å². The van der Waals surface area contributed by atoms with E-state index in [0.717, 1.165) is 18.4 Å². The van der Waals surface area contributed by atoms with E-state index in [9.17, 15) is 13.2 Å². The van der Waals surface area contributed by atoms with Gasteiger partial charge in [-0.15, -0.1) is 0 Å². The molecule has 18 heavy (non-hydrogen) atoms. The molecule has 0 radical (unpaired) electrons. The van der Waals surface area contributed by atoms with Crippen LogP contribution in [0.5, 0.6) is 0 Å². The highest BCUT2D eigenvalue weighted by atomic mass is 19.4. The number of alkyl halides is 3. The third-order valence-electron chi connectivity index (χ3n) is 3.50. The van der Waals surface area contributed by atoms with Crippen molar-refractivity contribution < 1.29 is 13.2 Å². The van der Waals surface area contributed by atoms with Gasteiger partial charge in [0.2, 0.25) is 0 Å². The third kappa shape index (κ3) is 3.73. The van der Waals surface area contributed by atoms with Gasteiger partial charge in [-0.05, 0) is 17.9 Å². The van der Waals surface area contributed by atoms with Crippen molar-refractivity contribution >= 4 is 0 Å². The first kappa shape index (κ1) is 13.4. The highest BCUT2D eigenvalue weighted by Crippen LogP contribution is 2.37. The summed E-state index contributed by atoms with van der Waals surface area (Å²) in [6.45, 7) is 2.08. The molecule has 0 heterocycles. The minimum Gasteiger partial charge on any atom is -0.307 e. The van der Waals surface area contributed by atoms with Crippen molar-refractivity contribution in [2.75, 3.05) is 0 Å². The zero-order chi connectivity index (χ0) is 13.2. The van der Waals surface area contributed by atoms with Crippen molar-refractivity contribution in [3.63, 3.8) is 0 Å². The Morgan fingerprint density at radius 1 is 1.28 bits per heavy atom. The number of hydrogen-bond acceptors (Lipinski definition) is 1. The van der Waals surface area contributed by atoms with Crippen molar-refractivity contribution in [1.29, 1.82) is 0 Å². The van der Waals surface area contributed by atoms with Crippen molar-refractivity contribution in [3.05, 3.63) is 35.9 Å². The van der Waals surface area contributed by atoms with E-state index in [1.165, 1.54) is 0 Å². The van der Waals surface area contributed by atoms with Gasteiger partial charge in [0.1, 0.15) is 0 Å². The molecule has 3 unspecified atom stereocenters. The molecule has 1 fully saturated rings. The molecule has 1 N–H and O–H groups in total. The number of benzene rings is 1. The van der Waals surface area contributed by atoms with Crippen LogP contribution in [0.1, 0.15) is 37.8 Å². The normalized spacial score (nSPS) is 24.9. The monoisotopic (exact) mass is 257 g/mol. The predicted octanol–water partition coefficient (Wildman–Crippen LogP) is 4.07. The molecule has 1 aromatic carbocycles. The summed E-state index contributed by atoms with van der Waals surface area (Å²) in [5.41, 5.74) is 0.719. The van der Waals surface area contributed by atoms with Crippen LogP contribution in [-0.2, 0) is 0 Å². The van der Waals surface area contributed by atoms with E-state index in [1.807, 2.05) is 6.07 Å². The molecule has 4 heteroatoms. The fraction of sp³-hybridized carbons (Fsp3) is 0.571. The van der Waals surface area contributed by atoms with E-state index in [0.29, 0.717) is 5.92 Å². The Labute approximate surface area is 105 Å². The average Bonchev–Trinajstić information content (AvgIpc) is 3.06. The van der Waals surface area contributed by atoms with E-state index in [-0.39, 0.29) is 6.04 Å². The lowest BCUT2D eigenvalue weighted by atomic mass is 10.0. The van der Waals surface area contributed by atoms with Gasteiger partial charge in [-0.3, -0.25) is 0 Å². The van der Waals surface area contributed by atoms with Crippen LogP contribution in [0, 0.1) is 5.92 Å². The second-order valence-electron chi connectivity index (χ2n) is 4.96. The van der Waals surface area contributed by atoms with Crippen molar-refractivity contribution in [3.8, 4) is 0 Å². The lowest BCUT2D eigenvalue weighted by Crippen LogP contribution is -2.29. The predicted molar refractivity (Wildman–Crippen MR) is 65.2 cm³/mol. The fourth-order valence-corrected chi connectivity index (χ4v) is 2.35. The minimum absolute atomic E-state index is 0.252. The van der Waals surface area contributed by atoms with Crippen LogP contribution >= 0.6 is 0 Å². The summed E-state index contributed by atoms with van der Waals surface area (Å²) in [5.74, 6) is 0.546. The highest BCUT2D eigenvalue weighted by molar-refractivity contribution is 5.20. The molecular weight excluding hydrogens is 239 g/mol. The quantitative estimate of drug-likeness (QED) is 0.838. The molecule has 1 aliphatic rings. The molecule has 0 spiro atoms. The Morgan fingerprint density at radius 3 is 2.44 bits per heavy atom. The van der Waals surface area contributed by atoms with Gasteiger partial charge in [0.05, 0.1) is 6.42 Å². The number of hydrogen-bond donors (Lipinski definition) is 1. The summed E-state index contributed by atoms with van der Waals surface area (Å²) in [4.78, 5) is 0. The number of nitrogens with one attached hydrogen (secondary N) is 1. The Bertz CT molecular complexity index is 374. The van der Waals surface area contributed by atoms with Gasteiger partial charge in [0.25, 0.3) is 0 Å². The third-order valence-corrected chi connectivity index (χ3v) is 3.50. The highest BCUT2D eigenvalue weighted by Gasteiger charge is 2.40. The maximum Gasteiger partial charge on any atom is 0.390 e. The molecule has 0 amide bonds. The minimum atomic E-state index is -4.13. The number of rotatable bonds is 5. The fourth-order valence-electron chi connectivity index (χ4n) is 2.35. The van der Waals surface area contributed by atoms with E-state index < -0.39 is 18.6 Å². The van der Waals surface area contributed by atoms with Gasteiger partial charge in [0, 0.05) is 12.1 Å². The largest absolute Gasteiger partial charge is 0.390 e. The summed E-state index contributed by atoms with van der Waals surface area (Å²) in [7, 11) is 0. The van der Waals surface area contributed by atoms with Gasteiger partial charge in [-0.25, -0.2) is 0 Å². The van der Waals surface area contributed by atoms with Crippen LogP contribution in [-0.4, -0.2) is 12.2 Å². The van der Waals surface area contributed by atoms with E-state index in [1.54, 1.807) is 24.3 Å². The molecule has 1 saturated carbocycles. The lowest BCUT2D eigenvalue weighted by Gasteiger charge is -2.21. The molecule has 3 atom stereocenters. The molecule has 100 valence electrons.